The molecule has 0 spiro atoms. The zero-order valence-corrected chi connectivity index (χ0v) is 9.80. The zero-order valence-electron chi connectivity index (χ0n) is 9.80. The molecule has 1 aliphatic heterocycles. The minimum absolute atomic E-state index is 0.0165. The Labute approximate surface area is 100.0 Å². The maximum Gasteiger partial charge on any atom is 0.238 e. The minimum Gasteiger partial charge on any atom is -0.479 e. The van der Waals surface area contributed by atoms with Gasteiger partial charge in [-0.1, -0.05) is 0 Å². The number of aliphatic hydroxyl groups excluding tert-OH is 1. The number of hydrogen-bond acceptors (Lipinski definition) is 6. The standard InChI is InChI=1S/C11H17N3O3/c1-16-11-9(12)2-3-10(13-11)14-4-5-17-8(6-14)7-15/h2-3,8,15H,4-7,12H2,1H3. The van der Waals surface area contributed by atoms with E-state index in [1.165, 1.54) is 7.11 Å². The molecule has 6 nitrogen and oxygen atoms in total. The van der Waals surface area contributed by atoms with Gasteiger partial charge in [-0.15, -0.1) is 0 Å². The lowest BCUT2D eigenvalue weighted by Crippen LogP contribution is -2.44. The number of ether oxygens (including phenoxy) is 2. The van der Waals surface area contributed by atoms with E-state index in [0.29, 0.717) is 24.7 Å². The molecule has 2 rings (SSSR count). The molecule has 0 aliphatic carbocycles. The summed E-state index contributed by atoms with van der Waals surface area (Å²) in [7, 11) is 1.54. The SMILES string of the molecule is COc1nc(N2CCOC(CO)C2)ccc1N. The summed E-state index contributed by atoms with van der Waals surface area (Å²) in [5.74, 6) is 1.22. The van der Waals surface area contributed by atoms with E-state index in [1.807, 2.05) is 11.0 Å². The van der Waals surface area contributed by atoms with E-state index >= 15 is 0 Å². The Hall–Kier alpha value is -1.53. The minimum atomic E-state index is -0.158. The van der Waals surface area contributed by atoms with Crippen LogP contribution < -0.4 is 15.4 Å². The molecule has 17 heavy (non-hydrogen) atoms. The van der Waals surface area contributed by atoms with Crippen molar-refractivity contribution in [2.75, 3.05) is 44.0 Å². The first kappa shape index (κ1) is 11.9. The van der Waals surface area contributed by atoms with Gasteiger partial charge in [0.1, 0.15) is 5.82 Å². The maximum absolute atomic E-state index is 9.08. The fourth-order valence-corrected chi connectivity index (χ4v) is 1.82. The lowest BCUT2D eigenvalue weighted by Gasteiger charge is -2.33. The van der Waals surface area contributed by atoms with Crippen molar-refractivity contribution in [3.8, 4) is 5.88 Å². The van der Waals surface area contributed by atoms with Crippen molar-refractivity contribution in [1.82, 2.24) is 4.98 Å². The van der Waals surface area contributed by atoms with Crippen LogP contribution in [0, 0.1) is 0 Å². The number of nitrogens with zero attached hydrogens (tertiary/aromatic N) is 2. The molecule has 0 amide bonds. The predicted octanol–water partition coefficient (Wildman–Crippen LogP) is -0.130. The van der Waals surface area contributed by atoms with E-state index in [9.17, 15) is 0 Å². The van der Waals surface area contributed by atoms with Gasteiger partial charge in [-0.25, -0.2) is 0 Å². The number of aromatic nitrogens is 1. The average molecular weight is 239 g/mol. The van der Waals surface area contributed by atoms with Crippen LogP contribution >= 0.6 is 0 Å². The van der Waals surface area contributed by atoms with Crippen LogP contribution in [0.15, 0.2) is 12.1 Å². The molecular weight excluding hydrogens is 222 g/mol. The van der Waals surface area contributed by atoms with Crippen LogP contribution in [0.3, 0.4) is 0 Å². The molecule has 1 aromatic heterocycles. The summed E-state index contributed by atoms with van der Waals surface area (Å²) in [6, 6.07) is 3.61. The Morgan fingerprint density at radius 2 is 2.47 bits per heavy atom. The summed E-state index contributed by atoms with van der Waals surface area (Å²) < 4.78 is 10.5. The lowest BCUT2D eigenvalue weighted by atomic mass is 10.2. The van der Waals surface area contributed by atoms with Gasteiger partial charge in [0, 0.05) is 13.1 Å². The summed E-state index contributed by atoms with van der Waals surface area (Å²) >= 11 is 0. The molecule has 3 N–H and O–H groups in total. The van der Waals surface area contributed by atoms with Gasteiger partial charge in [-0.05, 0) is 12.1 Å². The van der Waals surface area contributed by atoms with Crippen LogP contribution in [0.1, 0.15) is 0 Å². The number of methoxy groups -OCH3 is 1. The van der Waals surface area contributed by atoms with Gasteiger partial charge < -0.3 is 25.2 Å². The van der Waals surface area contributed by atoms with Crippen molar-refractivity contribution >= 4 is 11.5 Å². The number of pyridine rings is 1. The van der Waals surface area contributed by atoms with E-state index in [2.05, 4.69) is 4.98 Å². The predicted molar refractivity (Wildman–Crippen MR) is 64.2 cm³/mol. The Morgan fingerprint density at radius 3 is 3.18 bits per heavy atom. The number of morpholine rings is 1. The molecular formula is C11H17N3O3. The molecule has 0 saturated carbocycles. The highest BCUT2D eigenvalue weighted by atomic mass is 16.5. The van der Waals surface area contributed by atoms with Gasteiger partial charge in [0.15, 0.2) is 0 Å². The fraction of sp³-hybridized carbons (Fsp3) is 0.545. The van der Waals surface area contributed by atoms with Crippen LogP contribution in [-0.4, -0.2) is 49.6 Å². The van der Waals surface area contributed by atoms with E-state index < -0.39 is 0 Å². The number of anilines is 2. The third kappa shape index (κ3) is 2.59. The number of rotatable bonds is 3. The lowest BCUT2D eigenvalue weighted by molar-refractivity contribution is 0.00334. The van der Waals surface area contributed by atoms with E-state index in [-0.39, 0.29) is 12.7 Å². The molecule has 0 bridgehead atoms. The molecule has 94 valence electrons. The van der Waals surface area contributed by atoms with Gasteiger partial charge in [0.25, 0.3) is 0 Å². The molecule has 1 aromatic rings. The van der Waals surface area contributed by atoms with Crippen molar-refractivity contribution in [3.63, 3.8) is 0 Å². The highest BCUT2D eigenvalue weighted by Crippen LogP contribution is 2.23. The number of aliphatic hydroxyl groups is 1. The molecule has 6 heteroatoms. The average Bonchev–Trinajstić information content (AvgIpc) is 2.39. The molecule has 1 atom stereocenters. The second kappa shape index (κ2) is 5.20. The Balaban J connectivity index is 2.16. The van der Waals surface area contributed by atoms with Gasteiger partial charge in [-0.2, -0.15) is 4.98 Å². The topological polar surface area (TPSA) is 80.8 Å². The first-order valence-corrected chi connectivity index (χ1v) is 5.52. The highest BCUT2D eigenvalue weighted by Gasteiger charge is 2.21. The molecule has 1 unspecified atom stereocenters. The van der Waals surface area contributed by atoms with Crippen LogP contribution in [0.5, 0.6) is 5.88 Å². The molecule has 0 aromatic carbocycles. The molecule has 2 heterocycles. The number of hydrogen-bond donors (Lipinski definition) is 2. The summed E-state index contributed by atoms with van der Waals surface area (Å²) in [5.41, 5.74) is 6.23. The smallest absolute Gasteiger partial charge is 0.238 e. The summed E-state index contributed by atoms with van der Waals surface area (Å²) in [4.78, 5) is 6.37. The first-order valence-electron chi connectivity index (χ1n) is 5.52. The van der Waals surface area contributed by atoms with Crippen LogP contribution in [0.2, 0.25) is 0 Å². The monoisotopic (exact) mass is 239 g/mol. The van der Waals surface area contributed by atoms with Crippen molar-refractivity contribution in [1.29, 1.82) is 0 Å². The van der Waals surface area contributed by atoms with Gasteiger partial charge in [-0.3, -0.25) is 0 Å². The highest BCUT2D eigenvalue weighted by molar-refractivity contribution is 5.54. The van der Waals surface area contributed by atoms with Crippen LogP contribution in [-0.2, 0) is 4.74 Å². The largest absolute Gasteiger partial charge is 0.479 e. The molecule has 1 saturated heterocycles. The number of nitrogens with two attached hydrogens (primary N) is 1. The molecule has 1 aliphatic rings. The number of nitrogen functional groups attached to an aromatic ring is 1. The van der Waals surface area contributed by atoms with E-state index in [0.717, 1.165) is 12.4 Å². The van der Waals surface area contributed by atoms with Crippen LogP contribution in [0.25, 0.3) is 0 Å². The van der Waals surface area contributed by atoms with Crippen molar-refractivity contribution in [2.45, 2.75) is 6.10 Å². The van der Waals surface area contributed by atoms with Gasteiger partial charge >= 0.3 is 0 Å². The van der Waals surface area contributed by atoms with Gasteiger partial charge in [0.05, 0.1) is 32.1 Å². The molecule has 0 radical (unpaired) electrons. The van der Waals surface area contributed by atoms with Crippen molar-refractivity contribution in [3.05, 3.63) is 12.1 Å². The maximum atomic E-state index is 9.08. The Bertz CT molecular complexity index is 386. The summed E-state index contributed by atoms with van der Waals surface area (Å²) in [6.07, 6.45) is -0.158. The third-order valence-corrected chi connectivity index (χ3v) is 2.73. The van der Waals surface area contributed by atoms with Gasteiger partial charge in [0.2, 0.25) is 5.88 Å². The van der Waals surface area contributed by atoms with E-state index in [1.54, 1.807) is 6.07 Å². The fourth-order valence-electron chi connectivity index (χ4n) is 1.82. The quantitative estimate of drug-likeness (QED) is 0.764. The first-order chi connectivity index (χ1) is 8.24. The van der Waals surface area contributed by atoms with E-state index in [4.69, 9.17) is 20.3 Å². The van der Waals surface area contributed by atoms with Crippen LogP contribution in [0.4, 0.5) is 11.5 Å². The summed E-state index contributed by atoms with van der Waals surface area (Å²) in [5, 5.41) is 9.08. The van der Waals surface area contributed by atoms with Crippen molar-refractivity contribution in [2.24, 2.45) is 0 Å². The molecule has 1 fully saturated rings. The second-order valence-electron chi connectivity index (χ2n) is 3.89. The second-order valence-corrected chi connectivity index (χ2v) is 3.89. The normalized spacial score (nSPS) is 20.4. The third-order valence-electron chi connectivity index (χ3n) is 2.73. The Kier molecular flexibility index (Phi) is 3.65. The van der Waals surface area contributed by atoms with Crippen molar-refractivity contribution < 1.29 is 14.6 Å². The summed E-state index contributed by atoms with van der Waals surface area (Å²) in [6.45, 7) is 1.97. The Morgan fingerprint density at radius 1 is 1.65 bits per heavy atom. The zero-order chi connectivity index (χ0) is 12.3.